The largest absolute Gasteiger partial charge is 0.460 e. The molecule has 0 aliphatic rings. The Hall–Kier alpha value is -3.49. The molecule has 33 heavy (non-hydrogen) atoms. The van der Waals surface area contributed by atoms with Crippen LogP contribution in [0, 0.1) is 0 Å². The number of rotatable bonds is 12. The summed E-state index contributed by atoms with van der Waals surface area (Å²) < 4.78 is 24.6. The summed E-state index contributed by atoms with van der Waals surface area (Å²) >= 11 is 0. The monoisotopic (exact) mass is 468 g/mol. The molecule has 0 spiro atoms. The molecule has 0 aliphatic carbocycles. The van der Waals surface area contributed by atoms with Crippen LogP contribution in [0.15, 0.2) is 121 Å². The maximum Gasteiger partial charge on any atom is 0.214 e. The molecule has 164 valence electrons. The standard InChI is InChI=1S/C27H24O4Si2/c1-5-13-22(14-6-1)28-26(29-23-15-7-2-8-16-23)32-21-33-27(30-24-17-9-3-10-18-24)31-25-19-11-4-12-20-25/h1-20,26-27H,21H2. The Morgan fingerprint density at radius 2 is 0.636 bits per heavy atom. The molecule has 0 amide bonds. The van der Waals surface area contributed by atoms with Crippen LogP contribution in [0.5, 0.6) is 23.0 Å². The summed E-state index contributed by atoms with van der Waals surface area (Å²) in [4.78, 5) is 0. The minimum Gasteiger partial charge on any atom is -0.460 e. The van der Waals surface area contributed by atoms with E-state index in [-0.39, 0.29) is 0 Å². The first-order valence-electron chi connectivity index (χ1n) is 10.7. The first-order valence-corrected chi connectivity index (χ1v) is 13.3. The second kappa shape index (κ2) is 12.5. The van der Waals surface area contributed by atoms with Crippen molar-refractivity contribution in [3.05, 3.63) is 121 Å². The van der Waals surface area contributed by atoms with Gasteiger partial charge in [-0.3, -0.25) is 0 Å². The summed E-state index contributed by atoms with van der Waals surface area (Å²) in [5.41, 5.74) is 0.842. The van der Waals surface area contributed by atoms with Crippen LogP contribution < -0.4 is 18.9 Å². The molecule has 0 heterocycles. The van der Waals surface area contributed by atoms with Gasteiger partial charge in [-0.2, -0.15) is 0 Å². The number of hydrogen-bond acceptors (Lipinski definition) is 4. The third-order valence-corrected chi connectivity index (χ3v) is 7.25. The van der Waals surface area contributed by atoms with Gasteiger partial charge >= 0.3 is 0 Å². The van der Waals surface area contributed by atoms with Gasteiger partial charge in [-0.05, 0) is 48.5 Å². The van der Waals surface area contributed by atoms with Crippen molar-refractivity contribution in [1.82, 2.24) is 0 Å². The van der Waals surface area contributed by atoms with Crippen molar-refractivity contribution in [1.29, 1.82) is 0 Å². The van der Waals surface area contributed by atoms with Gasteiger partial charge in [-0.1, -0.05) is 78.5 Å². The highest BCUT2D eigenvalue weighted by Gasteiger charge is 2.19. The number of benzene rings is 4. The predicted octanol–water partition coefficient (Wildman–Crippen LogP) is 5.65. The van der Waals surface area contributed by atoms with Crippen LogP contribution in [-0.4, -0.2) is 30.9 Å². The van der Waals surface area contributed by atoms with Crippen LogP contribution in [0.2, 0.25) is 5.67 Å². The van der Waals surface area contributed by atoms with Crippen molar-refractivity contribution in [2.24, 2.45) is 0 Å². The molecule has 4 aromatic carbocycles. The lowest BCUT2D eigenvalue weighted by Gasteiger charge is -2.22. The number of para-hydroxylation sites is 4. The van der Waals surface area contributed by atoms with Crippen LogP contribution in [0.1, 0.15) is 0 Å². The van der Waals surface area contributed by atoms with Crippen molar-refractivity contribution < 1.29 is 18.9 Å². The zero-order valence-electron chi connectivity index (χ0n) is 18.0. The van der Waals surface area contributed by atoms with Gasteiger partial charge in [0.1, 0.15) is 42.0 Å². The van der Waals surface area contributed by atoms with Gasteiger partial charge in [-0.25, -0.2) is 0 Å². The van der Waals surface area contributed by atoms with E-state index in [2.05, 4.69) is 0 Å². The maximum atomic E-state index is 6.15. The Morgan fingerprint density at radius 3 is 0.879 bits per heavy atom. The van der Waals surface area contributed by atoms with E-state index in [4.69, 9.17) is 18.9 Å². The first kappa shape index (κ1) is 22.7. The third-order valence-electron chi connectivity index (χ3n) is 4.48. The van der Waals surface area contributed by atoms with Crippen LogP contribution in [0.4, 0.5) is 0 Å². The quantitative estimate of drug-likeness (QED) is 0.199. The molecule has 4 aromatic rings. The fourth-order valence-electron chi connectivity index (χ4n) is 2.93. The molecule has 4 radical (unpaired) electrons. The van der Waals surface area contributed by atoms with Crippen LogP contribution in [-0.2, 0) is 0 Å². The zero-order valence-corrected chi connectivity index (χ0v) is 20.0. The highest BCUT2D eigenvalue weighted by Crippen LogP contribution is 2.18. The molecule has 0 saturated heterocycles. The molecular weight excluding hydrogens is 444 g/mol. The van der Waals surface area contributed by atoms with Crippen molar-refractivity contribution in [3.8, 4) is 23.0 Å². The Labute approximate surface area is 199 Å². The van der Waals surface area contributed by atoms with Crippen LogP contribution >= 0.6 is 0 Å². The molecule has 4 nitrogen and oxygen atoms in total. The van der Waals surface area contributed by atoms with E-state index in [0.29, 0.717) is 19.0 Å². The van der Waals surface area contributed by atoms with E-state index in [1.807, 2.05) is 121 Å². The van der Waals surface area contributed by atoms with E-state index in [9.17, 15) is 0 Å². The number of ether oxygens (including phenoxy) is 4. The second-order valence-electron chi connectivity index (χ2n) is 6.97. The molecule has 4 rings (SSSR count). The van der Waals surface area contributed by atoms with Gasteiger partial charge in [-0.15, -0.1) is 0 Å². The number of hydrogen-bond donors (Lipinski definition) is 0. The van der Waals surface area contributed by atoms with E-state index in [0.717, 1.165) is 28.7 Å². The summed E-state index contributed by atoms with van der Waals surface area (Å²) in [5.74, 6) is 2.35. The zero-order chi connectivity index (χ0) is 22.6. The van der Waals surface area contributed by atoms with Crippen molar-refractivity contribution in [2.45, 2.75) is 17.5 Å². The topological polar surface area (TPSA) is 36.9 Å². The minimum atomic E-state index is -0.392. The molecule has 0 bridgehead atoms. The summed E-state index contributed by atoms with van der Waals surface area (Å²) in [5, 5.41) is 0. The predicted molar refractivity (Wildman–Crippen MR) is 132 cm³/mol. The average molecular weight is 469 g/mol. The van der Waals surface area contributed by atoms with E-state index in [1.165, 1.54) is 0 Å². The Morgan fingerprint density at radius 1 is 0.394 bits per heavy atom. The molecule has 0 saturated carbocycles. The Kier molecular flexibility index (Phi) is 8.62. The maximum absolute atomic E-state index is 6.15. The third kappa shape index (κ3) is 7.86. The lowest BCUT2D eigenvalue weighted by molar-refractivity contribution is 0.0709. The fraction of sp³-hybridized carbons (Fsp3) is 0.111. The fourth-order valence-corrected chi connectivity index (χ4v) is 5.61. The SMILES string of the molecule is c1ccc(OC(Oc2ccccc2)[Si]C[Si]C(Oc2ccccc2)Oc2ccccc2)cc1. The molecular formula is C27H24O4Si2. The van der Waals surface area contributed by atoms with Gasteiger partial charge in [0, 0.05) is 0 Å². The first-order chi connectivity index (χ1) is 16.3. The second-order valence-corrected chi connectivity index (χ2v) is 10.1. The van der Waals surface area contributed by atoms with Gasteiger partial charge < -0.3 is 18.9 Å². The molecule has 0 unspecified atom stereocenters. The molecule has 0 atom stereocenters. The highest BCUT2D eigenvalue weighted by atomic mass is 28.3. The summed E-state index contributed by atoms with van der Waals surface area (Å²) in [6, 6.07) is 39.0. The average Bonchev–Trinajstić information content (AvgIpc) is 2.86. The molecule has 0 N–H and O–H groups in total. The van der Waals surface area contributed by atoms with Gasteiger partial charge in [0.05, 0.1) is 0 Å². The minimum absolute atomic E-state index is 0.392. The summed E-state index contributed by atoms with van der Waals surface area (Å²) in [7, 11) is 0.793. The Balaban J connectivity index is 1.40. The van der Waals surface area contributed by atoms with E-state index in [1.54, 1.807) is 0 Å². The van der Waals surface area contributed by atoms with Gasteiger partial charge in [0.25, 0.3) is 0 Å². The summed E-state index contributed by atoms with van der Waals surface area (Å²) in [6.07, 6.45) is 0. The Bertz CT molecular complexity index is 880. The molecule has 0 aromatic heterocycles. The van der Waals surface area contributed by atoms with Crippen molar-refractivity contribution in [2.75, 3.05) is 0 Å². The molecule has 0 aliphatic heterocycles. The normalized spacial score (nSPS) is 10.7. The molecule has 0 fully saturated rings. The molecule has 6 heteroatoms. The highest BCUT2D eigenvalue weighted by molar-refractivity contribution is 6.57. The van der Waals surface area contributed by atoms with Crippen molar-refractivity contribution >= 4 is 19.0 Å². The smallest absolute Gasteiger partial charge is 0.214 e. The van der Waals surface area contributed by atoms with Crippen molar-refractivity contribution in [3.63, 3.8) is 0 Å². The van der Waals surface area contributed by atoms with E-state index < -0.39 is 11.8 Å². The van der Waals surface area contributed by atoms with Gasteiger partial charge in [0.15, 0.2) is 0 Å². The lowest BCUT2D eigenvalue weighted by atomic mass is 10.3. The van der Waals surface area contributed by atoms with Crippen LogP contribution in [0.3, 0.4) is 0 Å². The lowest BCUT2D eigenvalue weighted by Crippen LogP contribution is -2.36. The summed E-state index contributed by atoms with van der Waals surface area (Å²) in [6.45, 7) is 0. The van der Waals surface area contributed by atoms with Gasteiger partial charge in [0.2, 0.25) is 11.8 Å². The van der Waals surface area contributed by atoms with E-state index >= 15 is 0 Å². The van der Waals surface area contributed by atoms with Crippen LogP contribution in [0.25, 0.3) is 0 Å².